The quantitative estimate of drug-likeness (QED) is 0.577. The van der Waals surface area contributed by atoms with Gasteiger partial charge in [0.2, 0.25) is 23.6 Å². The van der Waals surface area contributed by atoms with Crippen LogP contribution >= 0.6 is 0 Å². The fraction of sp³-hybridized carbons (Fsp3) is 0.609. The van der Waals surface area contributed by atoms with Crippen LogP contribution in [0, 0.1) is 5.41 Å². The molecule has 0 unspecified atom stereocenters. The third kappa shape index (κ3) is 4.19. The maximum atomic E-state index is 14.1. The van der Waals surface area contributed by atoms with E-state index in [1.54, 1.807) is 32.2 Å². The molecule has 6 rings (SSSR count). The van der Waals surface area contributed by atoms with Crippen LogP contribution in [0.15, 0.2) is 22.8 Å². The molecule has 3 aromatic heterocycles. The first-order chi connectivity index (χ1) is 16.7. The van der Waals surface area contributed by atoms with Gasteiger partial charge in [0.05, 0.1) is 6.26 Å². The van der Waals surface area contributed by atoms with Gasteiger partial charge in [0.15, 0.2) is 5.76 Å². The Hall–Kier alpha value is -3.28. The van der Waals surface area contributed by atoms with Gasteiger partial charge in [0.1, 0.15) is 11.7 Å². The smallest absolute Gasteiger partial charge is 0.259 e. The highest BCUT2D eigenvalue weighted by molar-refractivity contribution is 5.86. The molecule has 2 saturated heterocycles. The molecule has 1 amide bonds. The van der Waals surface area contributed by atoms with Crippen molar-refractivity contribution in [2.75, 3.05) is 49.9 Å². The number of hydrogen-bond donors (Lipinski definition) is 1. The number of anilines is 2. The van der Waals surface area contributed by atoms with Crippen molar-refractivity contribution in [3.63, 3.8) is 0 Å². The monoisotopic (exact) mass is 483 g/mol. The van der Waals surface area contributed by atoms with E-state index in [4.69, 9.17) is 10.2 Å². The normalized spacial score (nSPS) is 22.4. The van der Waals surface area contributed by atoms with E-state index in [9.17, 15) is 9.18 Å². The molecule has 5 heterocycles. The topological polar surface area (TPSA) is 122 Å². The third-order valence-corrected chi connectivity index (χ3v) is 7.25. The van der Waals surface area contributed by atoms with Crippen molar-refractivity contribution in [2.45, 2.75) is 44.8 Å². The minimum Gasteiger partial charge on any atom is -0.461 e. The van der Waals surface area contributed by atoms with E-state index in [-0.39, 0.29) is 23.3 Å². The zero-order chi connectivity index (χ0) is 24.4. The van der Waals surface area contributed by atoms with E-state index in [0.29, 0.717) is 62.6 Å². The van der Waals surface area contributed by atoms with Crippen LogP contribution in [0.1, 0.15) is 33.1 Å². The predicted octanol–water partition coefficient (Wildman–Crippen LogP) is 1.61. The Morgan fingerprint density at radius 1 is 1.23 bits per heavy atom. The molecule has 1 spiro atoms. The number of rotatable bonds is 5. The Bertz CT molecular complexity index is 1240. The van der Waals surface area contributed by atoms with Gasteiger partial charge >= 0.3 is 0 Å². The highest BCUT2D eigenvalue weighted by Crippen LogP contribution is 2.55. The fourth-order valence-electron chi connectivity index (χ4n) is 5.33. The number of carbonyl (C=O) groups excluding carboxylic acids is 1. The van der Waals surface area contributed by atoms with Gasteiger partial charge in [-0.2, -0.15) is 19.5 Å². The molecule has 11 nitrogen and oxygen atoms in total. The first-order valence-corrected chi connectivity index (χ1v) is 12.1. The minimum absolute atomic E-state index is 0.0766. The number of nitrogens with two attached hydrogens (primary N) is 1. The van der Waals surface area contributed by atoms with Crippen molar-refractivity contribution < 1.29 is 13.6 Å². The Balaban J connectivity index is 1.24. The van der Waals surface area contributed by atoms with Crippen molar-refractivity contribution in [3.8, 4) is 11.6 Å². The van der Waals surface area contributed by atoms with E-state index in [0.717, 1.165) is 19.3 Å². The van der Waals surface area contributed by atoms with E-state index in [1.807, 2.05) is 9.80 Å². The lowest BCUT2D eigenvalue weighted by Gasteiger charge is -2.38. The lowest BCUT2D eigenvalue weighted by Crippen LogP contribution is -2.55. The molecule has 186 valence electrons. The van der Waals surface area contributed by atoms with Gasteiger partial charge in [0.25, 0.3) is 5.78 Å². The summed E-state index contributed by atoms with van der Waals surface area (Å²) < 4.78 is 20.8. The predicted molar refractivity (Wildman–Crippen MR) is 126 cm³/mol. The summed E-state index contributed by atoms with van der Waals surface area (Å²) in [6.07, 6.45) is 4.52. The maximum Gasteiger partial charge on any atom is 0.259 e. The Morgan fingerprint density at radius 3 is 2.66 bits per heavy atom. The fourth-order valence-corrected chi connectivity index (χ4v) is 5.33. The van der Waals surface area contributed by atoms with E-state index < -0.39 is 5.67 Å². The van der Waals surface area contributed by atoms with Crippen molar-refractivity contribution in [1.82, 2.24) is 34.4 Å². The molecule has 1 saturated carbocycles. The first kappa shape index (κ1) is 22.2. The number of aromatic nitrogens is 5. The number of halogens is 1. The largest absolute Gasteiger partial charge is 0.461 e. The number of hydrogen-bond acceptors (Lipinski definition) is 9. The number of fused-ring (bicyclic) bond motifs is 1. The number of furan rings is 1. The lowest BCUT2D eigenvalue weighted by atomic mass is 10.0. The summed E-state index contributed by atoms with van der Waals surface area (Å²) in [7, 11) is 0. The van der Waals surface area contributed by atoms with Gasteiger partial charge in [-0.3, -0.25) is 9.69 Å². The van der Waals surface area contributed by atoms with Crippen molar-refractivity contribution in [2.24, 2.45) is 5.41 Å². The first-order valence-electron chi connectivity index (χ1n) is 12.1. The molecule has 12 heteroatoms. The minimum atomic E-state index is -1.25. The van der Waals surface area contributed by atoms with Gasteiger partial charge in [-0.15, -0.1) is 5.10 Å². The van der Waals surface area contributed by atoms with Gasteiger partial charge in [-0.25, -0.2) is 4.39 Å². The second-order valence-corrected chi connectivity index (χ2v) is 10.7. The SMILES string of the molecule is CC(C)(F)CN1CCN(C(=O)[C@@H]2CC3(CC3)CN2c2nc(N)n3nc(-c4ccco4)nc3n2)CC1. The molecular formula is C23H30FN9O2. The molecule has 3 aliphatic rings. The number of nitrogens with zero attached hydrogens (tertiary/aromatic N) is 8. The van der Waals surface area contributed by atoms with E-state index in [1.165, 1.54) is 4.52 Å². The average Bonchev–Trinajstić information content (AvgIpc) is 3.19. The van der Waals surface area contributed by atoms with Crippen molar-refractivity contribution >= 4 is 23.6 Å². The number of alkyl halides is 1. The molecule has 2 N–H and O–H groups in total. The third-order valence-electron chi connectivity index (χ3n) is 7.25. The summed E-state index contributed by atoms with van der Waals surface area (Å²) in [5, 5.41) is 4.36. The highest BCUT2D eigenvalue weighted by Gasteiger charge is 2.55. The number of nitrogen functional groups attached to an aromatic ring is 1. The van der Waals surface area contributed by atoms with Gasteiger partial charge in [0, 0.05) is 39.3 Å². The molecule has 0 radical (unpaired) electrons. The summed E-state index contributed by atoms with van der Waals surface area (Å²) >= 11 is 0. The molecular weight excluding hydrogens is 453 g/mol. The lowest BCUT2D eigenvalue weighted by molar-refractivity contribution is -0.134. The molecule has 0 bridgehead atoms. The van der Waals surface area contributed by atoms with Gasteiger partial charge < -0.3 is 20.0 Å². The number of carbonyl (C=O) groups is 1. The van der Waals surface area contributed by atoms with Crippen LogP contribution in [0.5, 0.6) is 0 Å². The Morgan fingerprint density at radius 2 is 2.00 bits per heavy atom. The van der Waals surface area contributed by atoms with E-state index in [2.05, 4.69) is 25.0 Å². The zero-order valence-corrected chi connectivity index (χ0v) is 20.0. The second kappa shape index (κ2) is 7.87. The summed E-state index contributed by atoms with van der Waals surface area (Å²) in [5.41, 5.74) is 5.11. The standard InChI is InChI=1S/C23H30FN9O2/c1-22(2,24)13-30-7-9-31(10-8-30)18(34)15-12-23(5-6-23)14-32(15)20-27-19(25)33-21(28-20)26-17(29-33)16-4-3-11-35-16/h3-4,11,15H,5-10,12-14H2,1-2H3,(H2,25,26,27,28,29)/t15-/m0/s1. The van der Waals surface area contributed by atoms with Crippen LogP contribution < -0.4 is 10.6 Å². The average molecular weight is 484 g/mol. The molecule has 3 aromatic rings. The molecule has 3 fully saturated rings. The highest BCUT2D eigenvalue weighted by atomic mass is 19.1. The molecule has 1 atom stereocenters. The van der Waals surface area contributed by atoms with Crippen LogP contribution in [-0.4, -0.2) is 91.3 Å². The van der Waals surface area contributed by atoms with Crippen LogP contribution in [-0.2, 0) is 4.79 Å². The van der Waals surface area contributed by atoms with Gasteiger partial charge in [-0.05, 0) is 50.7 Å². The van der Waals surface area contributed by atoms with Crippen molar-refractivity contribution in [3.05, 3.63) is 18.4 Å². The second-order valence-electron chi connectivity index (χ2n) is 10.7. The van der Waals surface area contributed by atoms with Crippen LogP contribution in [0.4, 0.5) is 16.3 Å². The summed E-state index contributed by atoms with van der Waals surface area (Å²) in [6, 6.07) is 3.17. The molecule has 2 aliphatic heterocycles. The molecule has 1 aliphatic carbocycles. The number of amides is 1. The Kier molecular flexibility index (Phi) is 4.99. The summed E-state index contributed by atoms with van der Waals surface area (Å²) in [4.78, 5) is 33.2. The summed E-state index contributed by atoms with van der Waals surface area (Å²) in [5.74, 6) is 1.82. The van der Waals surface area contributed by atoms with E-state index >= 15 is 0 Å². The molecule has 35 heavy (non-hydrogen) atoms. The number of piperazine rings is 1. The van der Waals surface area contributed by atoms with Crippen LogP contribution in [0.25, 0.3) is 17.4 Å². The Labute approximate surface area is 202 Å². The molecule has 0 aromatic carbocycles. The van der Waals surface area contributed by atoms with Crippen LogP contribution in [0.2, 0.25) is 0 Å². The zero-order valence-electron chi connectivity index (χ0n) is 20.0. The van der Waals surface area contributed by atoms with Gasteiger partial charge in [-0.1, -0.05) is 0 Å². The summed E-state index contributed by atoms with van der Waals surface area (Å²) in [6.45, 7) is 6.78. The van der Waals surface area contributed by atoms with Crippen molar-refractivity contribution in [1.29, 1.82) is 0 Å². The van der Waals surface area contributed by atoms with Crippen LogP contribution in [0.3, 0.4) is 0 Å². The maximum absolute atomic E-state index is 14.1.